The quantitative estimate of drug-likeness (QED) is 0.432. The molecule has 2 aromatic rings. The Bertz CT molecular complexity index is 530. The van der Waals surface area contributed by atoms with Crippen LogP contribution in [0.2, 0.25) is 0 Å². The molecule has 1 N–H and O–H groups in total. The molecule has 0 unspecified atom stereocenters. The third kappa shape index (κ3) is 6.90. The second-order valence-electron chi connectivity index (χ2n) is 6.54. The van der Waals surface area contributed by atoms with E-state index in [0.717, 1.165) is 18.8 Å². The summed E-state index contributed by atoms with van der Waals surface area (Å²) >= 11 is 0. The molecular formula is C20H29O3P. The Morgan fingerprint density at radius 3 is 1.75 bits per heavy atom. The van der Waals surface area contributed by atoms with Crippen LogP contribution in [0.25, 0.3) is 0 Å². The van der Waals surface area contributed by atoms with Gasteiger partial charge in [-0.3, -0.25) is 0 Å². The van der Waals surface area contributed by atoms with Crippen molar-refractivity contribution in [1.29, 1.82) is 0 Å². The molecule has 0 amide bonds. The Kier molecular flexibility index (Phi) is 7.55. The molecule has 0 radical (unpaired) electrons. The Labute approximate surface area is 146 Å². The Balaban J connectivity index is 1.97. The van der Waals surface area contributed by atoms with E-state index in [1.54, 1.807) is 0 Å². The minimum absolute atomic E-state index is 0.564. The average molecular weight is 348 g/mol. The van der Waals surface area contributed by atoms with Crippen LogP contribution in [-0.2, 0) is 0 Å². The Morgan fingerprint density at radius 2 is 1.29 bits per heavy atom. The maximum atomic E-state index is 11.0. The van der Waals surface area contributed by atoms with Crippen molar-refractivity contribution in [2.24, 2.45) is 5.92 Å². The van der Waals surface area contributed by atoms with E-state index in [0.29, 0.717) is 17.7 Å². The molecule has 0 aromatic heterocycles. The zero-order chi connectivity index (χ0) is 17.3. The van der Waals surface area contributed by atoms with E-state index in [2.05, 4.69) is 13.8 Å². The van der Waals surface area contributed by atoms with E-state index in [9.17, 15) is 4.89 Å². The van der Waals surface area contributed by atoms with Gasteiger partial charge in [-0.25, -0.2) is 0 Å². The van der Waals surface area contributed by atoms with Gasteiger partial charge in [0.05, 0.1) is 0 Å². The van der Waals surface area contributed by atoms with Gasteiger partial charge in [0.2, 0.25) is 0 Å². The molecule has 0 saturated heterocycles. The van der Waals surface area contributed by atoms with Crippen LogP contribution in [0.4, 0.5) is 0 Å². The van der Waals surface area contributed by atoms with Crippen molar-refractivity contribution < 1.29 is 13.9 Å². The average Bonchev–Trinajstić information content (AvgIpc) is 2.56. The fourth-order valence-electron chi connectivity index (χ4n) is 2.55. The summed E-state index contributed by atoms with van der Waals surface area (Å²) in [5.41, 5.74) is 0. The van der Waals surface area contributed by atoms with Crippen LogP contribution in [-0.4, -0.2) is 11.1 Å². The summed E-state index contributed by atoms with van der Waals surface area (Å²) in [5, 5.41) is 0. The summed E-state index contributed by atoms with van der Waals surface area (Å²) in [4.78, 5) is 11.0. The standard InChI is InChI=1S/C20H29O3P/c1-18(2)12-6-5-11-17-24(21,22-19-13-7-3-8-14-19)23-20-15-9-4-10-16-20/h3-4,7-10,13-16,18,21,24H,5-6,11-12,17H2,1-2H3. The fraction of sp³-hybridized carbons (Fsp3) is 0.400. The van der Waals surface area contributed by atoms with Crippen molar-refractivity contribution in [2.75, 3.05) is 6.16 Å². The van der Waals surface area contributed by atoms with Crippen molar-refractivity contribution in [3.63, 3.8) is 0 Å². The number of unbranched alkanes of at least 4 members (excludes halogenated alkanes) is 2. The van der Waals surface area contributed by atoms with Crippen molar-refractivity contribution in [1.82, 2.24) is 0 Å². The van der Waals surface area contributed by atoms with Crippen molar-refractivity contribution in [3.8, 4) is 11.5 Å². The molecule has 4 heteroatoms. The van der Waals surface area contributed by atoms with Gasteiger partial charge in [-0.2, -0.15) is 0 Å². The van der Waals surface area contributed by atoms with Crippen LogP contribution in [0.15, 0.2) is 60.7 Å². The number of hydrogen-bond donors (Lipinski definition) is 1. The van der Waals surface area contributed by atoms with E-state index < -0.39 is 7.94 Å². The van der Waals surface area contributed by atoms with Gasteiger partial charge >= 0.3 is 146 Å². The summed E-state index contributed by atoms with van der Waals surface area (Å²) in [6, 6.07) is 18.9. The van der Waals surface area contributed by atoms with Crippen LogP contribution in [0, 0.1) is 5.92 Å². The van der Waals surface area contributed by atoms with E-state index in [-0.39, 0.29) is 0 Å². The van der Waals surface area contributed by atoms with Crippen LogP contribution >= 0.6 is 7.94 Å². The first kappa shape index (κ1) is 18.8. The number of benzene rings is 2. The monoisotopic (exact) mass is 348 g/mol. The molecule has 2 rings (SSSR count). The van der Waals surface area contributed by atoms with E-state index in [4.69, 9.17) is 9.05 Å². The van der Waals surface area contributed by atoms with Gasteiger partial charge in [0, 0.05) is 0 Å². The van der Waals surface area contributed by atoms with E-state index in [1.165, 1.54) is 12.8 Å². The molecule has 3 nitrogen and oxygen atoms in total. The molecule has 24 heavy (non-hydrogen) atoms. The minimum atomic E-state index is -3.31. The van der Waals surface area contributed by atoms with Gasteiger partial charge in [-0.05, 0) is 0 Å². The van der Waals surface area contributed by atoms with Gasteiger partial charge < -0.3 is 0 Å². The first-order chi connectivity index (χ1) is 11.6. The molecule has 0 spiro atoms. The SMILES string of the molecule is CC(C)CCCCC[PH](O)(Oc1ccccc1)Oc1ccccc1. The van der Waals surface area contributed by atoms with Crippen LogP contribution in [0.5, 0.6) is 11.5 Å². The summed E-state index contributed by atoms with van der Waals surface area (Å²) in [6.45, 7) is 4.48. The third-order valence-electron chi connectivity index (χ3n) is 3.82. The molecule has 0 bridgehead atoms. The van der Waals surface area contributed by atoms with Crippen molar-refractivity contribution in [2.45, 2.75) is 39.5 Å². The van der Waals surface area contributed by atoms with Crippen molar-refractivity contribution >= 4 is 7.94 Å². The molecular weight excluding hydrogens is 319 g/mol. The first-order valence-corrected chi connectivity index (χ1v) is 10.7. The van der Waals surface area contributed by atoms with Crippen molar-refractivity contribution in [3.05, 3.63) is 60.7 Å². The van der Waals surface area contributed by atoms with Gasteiger partial charge in [-0.15, -0.1) is 0 Å². The number of para-hydroxylation sites is 2. The molecule has 132 valence electrons. The Hall–Kier alpha value is -1.57. The Morgan fingerprint density at radius 1 is 0.792 bits per heavy atom. The molecule has 0 atom stereocenters. The zero-order valence-corrected chi connectivity index (χ0v) is 15.7. The second kappa shape index (κ2) is 9.66. The summed E-state index contributed by atoms with van der Waals surface area (Å²) in [7, 11) is -3.31. The van der Waals surface area contributed by atoms with Gasteiger partial charge in [0.1, 0.15) is 0 Å². The number of hydrogen-bond acceptors (Lipinski definition) is 3. The predicted molar refractivity (Wildman–Crippen MR) is 103 cm³/mol. The summed E-state index contributed by atoms with van der Waals surface area (Å²) < 4.78 is 11.8. The van der Waals surface area contributed by atoms with Gasteiger partial charge in [0.25, 0.3) is 0 Å². The van der Waals surface area contributed by atoms with Crippen LogP contribution in [0.3, 0.4) is 0 Å². The summed E-state index contributed by atoms with van der Waals surface area (Å²) in [6.07, 6.45) is 4.96. The molecule has 0 fully saturated rings. The normalized spacial score (nSPS) is 12.2. The topological polar surface area (TPSA) is 38.7 Å². The zero-order valence-electron chi connectivity index (χ0n) is 14.7. The van der Waals surface area contributed by atoms with Crippen LogP contribution in [0.1, 0.15) is 39.5 Å². The first-order valence-electron chi connectivity index (χ1n) is 8.78. The van der Waals surface area contributed by atoms with E-state index in [1.807, 2.05) is 60.7 Å². The second-order valence-corrected chi connectivity index (χ2v) is 8.87. The molecule has 0 heterocycles. The molecule has 0 aliphatic carbocycles. The predicted octanol–water partition coefficient (Wildman–Crippen LogP) is 5.85. The van der Waals surface area contributed by atoms with Gasteiger partial charge in [-0.1, -0.05) is 0 Å². The van der Waals surface area contributed by atoms with E-state index >= 15 is 0 Å². The molecule has 0 saturated carbocycles. The molecule has 0 aliphatic rings. The van der Waals surface area contributed by atoms with Gasteiger partial charge in [0.15, 0.2) is 0 Å². The third-order valence-corrected chi connectivity index (χ3v) is 5.91. The fourth-order valence-corrected chi connectivity index (χ4v) is 4.50. The van der Waals surface area contributed by atoms with Crippen LogP contribution < -0.4 is 9.05 Å². The molecule has 0 aliphatic heterocycles. The summed E-state index contributed by atoms with van der Waals surface area (Å²) in [5.74, 6) is 2.04. The maximum absolute atomic E-state index is 11.0. The number of rotatable bonds is 10. The molecule has 2 aromatic carbocycles.